The van der Waals surface area contributed by atoms with E-state index in [0.29, 0.717) is 13.0 Å². The molecule has 0 bridgehead atoms. The minimum absolute atomic E-state index is 0.127. The van der Waals surface area contributed by atoms with Gasteiger partial charge in [0, 0.05) is 19.6 Å². The van der Waals surface area contributed by atoms with Gasteiger partial charge in [-0.15, -0.1) is 0 Å². The third kappa shape index (κ3) is 6.96. The van der Waals surface area contributed by atoms with Crippen molar-refractivity contribution < 1.29 is 19.5 Å². The number of carbonyl (C=O) groups excluding carboxylic acids is 2. The van der Waals surface area contributed by atoms with E-state index in [9.17, 15) is 14.4 Å². The lowest BCUT2D eigenvalue weighted by Gasteiger charge is -2.22. The Bertz CT molecular complexity index is 347. The monoisotopic (exact) mass is 287 g/mol. The molecule has 116 valence electrons. The van der Waals surface area contributed by atoms with Crippen molar-refractivity contribution in [2.24, 2.45) is 0 Å². The SMILES string of the molecule is CCCC(CC(=O)O)NC(=O)NC(C)C(=O)N(C)CC. The summed E-state index contributed by atoms with van der Waals surface area (Å²) in [6, 6.07) is -1.59. The Hall–Kier alpha value is -1.79. The van der Waals surface area contributed by atoms with Crippen molar-refractivity contribution in [1.82, 2.24) is 15.5 Å². The van der Waals surface area contributed by atoms with Gasteiger partial charge in [0.05, 0.1) is 6.42 Å². The molecule has 0 aliphatic carbocycles. The van der Waals surface area contributed by atoms with Crippen molar-refractivity contribution in [1.29, 1.82) is 0 Å². The summed E-state index contributed by atoms with van der Waals surface area (Å²) in [5.41, 5.74) is 0. The lowest BCUT2D eigenvalue weighted by molar-refractivity contribution is -0.137. The number of amides is 3. The highest BCUT2D eigenvalue weighted by atomic mass is 16.4. The van der Waals surface area contributed by atoms with Crippen molar-refractivity contribution >= 4 is 17.9 Å². The van der Waals surface area contributed by atoms with Crippen LogP contribution in [-0.4, -0.2) is 53.6 Å². The van der Waals surface area contributed by atoms with E-state index >= 15 is 0 Å². The zero-order valence-electron chi connectivity index (χ0n) is 12.6. The molecule has 0 rings (SSSR count). The summed E-state index contributed by atoms with van der Waals surface area (Å²) >= 11 is 0. The zero-order valence-corrected chi connectivity index (χ0v) is 12.6. The lowest BCUT2D eigenvalue weighted by Crippen LogP contribution is -2.51. The van der Waals surface area contributed by atoms with E-state index in [2.05, 4.69) is 10.6 Å². The van der Waals surface area contributed by atoms with E-state index < -0.39 is 24.1 Å². The van der Waals surface area contributed by atoms with Gasteiger partial charge in [-0.05, 0) is 20.3 Å². The number of hydrogen-bond acceptors (Lipinski definition) is 3. The number of urea groups is 1. The molecule has 0 aliphatic heterocycles. The Kier molecular flexibility index (Phi) is 8.35. The van der Waals surface area contributed by atoms with Crippen LogP contribution in [0.3, 0.4) is 0 Å². The van der Waals surface area contributed by atoms with Crippen LogP contribution in [0.1, 0.15) is 40.0 Å². The van der Waals surface area contributed by atoms with E-state index in [1.54, 1.807) is 14.0 Å². The van der Waals surface area contributed by atoms with Gasteiger partial charge in [0.25, 0.3) is 0 Å². The molecule has 0 aromatic rings. The summed E-state index contributed by atoms with van der Waals surface area (Å²) in [6.07, 6.45) is 1.22. The molecule has 3 N–H and O–H groups in total. The van der Waals surface area contributed by atoms with E-state index in [1.165, 1.54) is 4.90 Å². The van der Waals surface area contributed by atoms with Crippen molar-refractivity contribution in [2.75, 3.05) is 13.6 Å². The Labute approximate surface area is 119 Å². The molecular formula is C13H25N3O4. The van der Waals surface area contributed by atoms with Gasteiger partial charge in [0.15, 0.2) is 0 Å². The smallest absolute Gasteiger partial charge is 0.315 e. The highest BCUT2D eigenvalue weighted by Crippen LogP contribution is 2.02. The number of aliphatic carboxylic acids is 1. The predicted molar refractivity (Wildman–Crippen MR) is 75.4 cm³/mol. The standard InChI is InChI=1S/C13H25N3O4/c1-5-7-10(8-11(17)18)15-13(20)14-9(3)12(19)16(4)6-2/h9-10H,5-8H2,1-4H3,(H,17,18)(H2,14,15,20). The van der Waals surface area contributed by atoms with Crippen molar-refractivity contribution in [3.63, 3.8) is 0 Å². The molecule has 7 heteroatoms. The molecular weight excluding hydrogens is 262 g/mol. The maximum Gasteiger partial charge on any atom is 0.315 e. The van der Waals surface area contributed by atoms with Crippen LogP contribution in [0.2, 0.25) is 0 Å². The molecule has 0 fully saturated rings. The summed E-state index contributed by atoms with van der Waals surface area (Å²) in [7, 11) is 1.66. The summed E-state index contributed by atoms with van der Waals surface area (Å²) in [4.78, 5) is 35.7. The largest absolute Gasteiger partial charge is 0.481 e. The number of nitrogens with one attached hydrogen (secondary N) is 2. The molecule has 3 amide bonds. The number of nitrogens with zero attached hydrogens (tertiary/aromatic N) is 1. The maximum atomic E-state index is 11.8. The first-order chi connectivity index (χ1) is 9.31. The zero-order chi connectivity index (χ0) is 15.7. The van der Waals surface area contributed by atoms with Crippen LogP contribution < -0.4 is 10.6 Å². The van der Waals surface area contributed by atoms with Gasteiger partial charge < -0.3 is 20.6 Å². The predicted octanol–water partition coefficient (Wildman–Crippen LogP) is 0.796. The van der Waals surface area contributed by atoms with Crippen molar-refractivity contribution in [3.05, 3.63) is 0 Å². The minimum atomic E-state index is -0.960. The average Bonchev–Trinajstić information content (AvgIpc) is 2.36. The molecule has 0 heterocycles. The number of rotatable bonds is 8. The second kappa shape index (κ2) is 9.17. The Morgan fingerprint density at radius 3 is 2.25 bits per heavy atom. The minimum Gasteiger partial charge on any atom is -0.481 e. The fourth-order valence-electron chi connectivity index (χ4n) is 1.76. The fourth-order valence-corrected chi connectivity index (χ4v) is 1.76. The maximum absolute atomic E-state index is 11.8. The van der Waals surface area contributed by atoms with Gasteiger partial charge in [0.1, 0.15) is 6.04 Å². The summed E-state index contributed by atoms with van der Waals surface area (Å²) in [5, 5.41) is 13.9. The van der Waals surface area contributed by atoms with Crippen LogP contribution in [0.4, 0.5) is 4.79 Å². The summed E-state index contributed by atoms with van der Waals surface area (Å²) in [5.74, 6) is -1.15. The normalized spacial score (nSPS) is 13.2. The topological polar surface area (TPSA) is 98.7 Å². The Morgan fingerprint density at radius 2 is 1.80 bits per heavy atom. The van der Waals surface area contributed by atoms with E-state index in [4.69, 9.17) is 5.11 Å². The number of likely N-dealkylation sites (N-methyl/N-ethyl adjacent to an activating group) is 1. The first-order valence-corrected chi connectivity index (χ1v) is 6.85. The molecule has 20 heavy (non-hydrogen) atoms. The molecule has 0 radical (unpaired) electrons. The first kappa shape index (κ1) is 18.2. The van der Waals surface area contributed by atoms with Gasteiger partial charge in [-0.3, -0.25) is 9.59 Å². The van der Waals surface area contributed by atoms with Gasteiger partial charge >= 0.3 is 12.0 Å². The Balaban J connectivity index is 4.37. The first-order valence-electron chi connectivity index (χ1n) is 6.85. The molecule has 0 saturated heterocycles. The van der Waals surface area contributed by atoms with Crippen LogP contribution in [-0.2, 0) is 9.59 Å². The van der Waals surface area contributed by atoms with Gasteiger partial charge in [0.2, 0.25) is 5.91 Å². The molecule has 2 unspecified atom stereocenters. The van der Waals surface area contributed by atoms with E-state index in [-0.39, 0.29) is 12.3 Å². The van der Waals surface area contributed by atoms with E-state index in [1.807, 2.05) is 13.8 Å². The van der Waals surface area contributed by atoms with Crippen LogP contribution in [0.5, 0.6) is 0 Å². The number of carboxylic acids is 1. The highest BCUT2D eigenvalue weighted by Gasteiger charge is 2.20. The fraction of sp³-hybridized carbons (Fsp3) is 0.769. The number of carbonyl (C=O) groups is 3. The number of hydrogen-bond donors (Lipinski definition) is 3. The van der Waals surface area contributed by atoms with Crippen LogP contribution in [0.25, 0.3) is 0 Å². The third-order valence-electron chi connectivity index (χ3n) is 2.96. The van der Waals surface area contributed by atoms with Crippen LogP contribution in [0, 0.1) is 0 Å². The molecule has 0 aliphatic rings. The molecule has 0 spiro atoms. The highest BCUT2D eigenvalue weighted by molar-refractivity contribution is 5.86. The van der Waals surface area contributed by atoms with Crippen LogP contribution >= 0.6 is 0 Å². The third-order valence-corrected chi connectivity index (χ3v) is 2.96. The average molecular weight is 287 g/mol. The van der Waals surface area contributed by atoms with Crippen molar-refractivity contribution in [2.45, 2.75) is 52.1 Å². The molecule has 7 nitrogen and oxygen atoms in total. The second-order valence-electron chi connectivity index (χ2n) is 4.78. The molecule has 0 aromatic carbocycles. The van der Waals surface area contributed by atoms with Gasteiger partial charge in [-0.2, -0.15) is 0 Å². The van der Waals surface area contributed by atoms with Crippen LogP contribution in [0.15, 0.2) is 0 Å². The van der Waals surface area contributed by atoms with Crippen molar-refractivity contribution in [3.8, 4) is 0 Å². The lowest BCUT2D eigenvalue weighted by atomic mass is 10.1. The van der Waals surface area contributed by atoms with Gasteiger partial charge in [-0.25, -0.2) is 4.79 Å². The molecule has 0 aromatic heterocycles. The molecule has 0 saturated carbocycles. The summed E-state index contributed by atoms with van der Waals surface area (Å²) < 4.78 is 0. The van der Waals surface area contributed by atoms with E-state index in [0.717, 1.165) is 6.42 Å². The second-order valence-corrected chi connectivity index (χ2v) is 4.78. The summed E-state index contributed by atoms with van der Waals surface area (Å²) in [6.45, 7) is 5.91. The number of carboxylic acid groups (broad SMARTS) is 1. The molecule has 2 atom stereocenters. The Morgan fingerprint density at radius 1 is 1.20 bits per heavy atom. The van der Waals surface area contributed by atoms with Gasteiger partial charge in [-0.1, -0.05) is 13.3 Å². The quantitative estimate of drug-likeness (QED) is 0.615.